The topological polar surface area (TPSA) is 66.5 Å². The zero-order valence-corrected chi connectivity index (χ0v) is 11.5. The molecule has 0 aromatic carbocycles. The zero-order chi connectivity index (χ0) is 13.0. The van der Waals surface area contributed by atoms with Gasteiger partial charge in [0, 0.05) is 32.1 Å². The largest absolute Gasteiger partial charge is 0.343 e. The van der Waals surface area contributed by atoms with E-state index in [9.17, 15) is 13.2 Å². The van der Waals surface area contributed by atoms with E-state index in [1.165, 1.54) is 6.42 Å². The van der Waals surface area contributed by atoms with Crippen LogP contribution in [-0.2, 0) is 14.6 Å². The molecule has 1 N–H and O–H groups in total. The van der Waals surface area contributed by atoms with Crippen LogP contribution in [-0.4, -0.2) is 56.4 Å². The molecule has 0 aromatic heterocycles. The molecule has 2 aliphatic rings. The first-order chi connectivity index (χ1) is 8.57. The van der Waals surface area contributed by atoms with Crippen LogP contribution in [0.15, 0.2) is 0 Å². The van der Waals surface area contributed by atoms with Crippen LogP contribution in [0.4, 0.5) is 0 Å². The summed E-state index contributed by atoms with van der Waals surface area (Å²) in [5.74, 6) is 0.707. The van der Waals surface area contributed by atoms with Gasteiger partial charge in [-0.05, 0) is 25.7 Å². The third-order valence-electron chi connectivity index (χ3n) is 3.71. The molecule has 0 bridgehead atoms. The highest BCUT2D eigenvalue weighted by atomic mass is 32.2. The minimum Gasteiger partial charge on any atom is -0.343 e. The van der Waals surface area contributed by atoms with E-state index in [0.717, 1.165) is 25.9 Å². The van der Waals surface area contributed by atoms with Crippen LogP contribution in [0.3, 0.4) is 0 Å². The van der Waals surface area contributed by atoms with E-state index >= 15 is 0 Å². The van der Waals surface area contributed by atoms with Gasteiger partial charge in [0.1, 0.15) is 0 Å². The van der Waals surface area contributed by atoms with Gasteiger partial charge < -0.3 is 10.2 Å². The Balaban J connectivity index is 1.64. The lowest BCUT2D eigenvalue weighted by Gasteiger charge is -2.27. The predicted molar refractivity (Wildman–Crippen MR) is 70.1 cm³/mol. The van der Waals surface area contributed by atoms with Crippen molar-refractivity contribution in [2.45, 2.75) is 38.1 Å². The molecule has 0 spiro atoms. The number of rotatable bonds is 4. The van der Waals surface area contributed by atoms with Crippen molar-refractivity contribution in [3.05, 3.63) is 0 Å². The van der Waals surface area contributed by atoms with Crippen molar-refractivity contribution in [3.63, 3.8) is 0 Å². The van der Waals surface area contributed by atoms with E-state index in [1.807, 2.05) is 4.90 Å². The van der Waals surface area contributed by atoms with Crippen LogP contribution in [0.25, 0.3) is 0 Å². The molecule has 2 saturated heterocycles. The maximum absolute atomic E-state index is 11.9. The van der Waals surface area contributed by atoms with Crippen LogP contribution in [0.2, 0.25) is 0 Å². The van der Waals surface area contributed by atoms with Gasteiger partial charge in [-0.3, -0.25) is 4.79 Å². The van der Waals surface area contributed by atoms with Crippen molar-refractivity contribution in [2.75, 3.05) is 31.1 Å². The minimum absolute atomic E-state index is 0.0455. The van der Waals surface area contributed by atoms with Crippen LogP contribution in [0.1, 0.15) is 32.1 Å². The van der Waals surface area contributed by atoms with E-state index in [4.69, 9.17) is 0 Å². The third-order valence-corrected chi connectivity index (χ3v) is 5.48. The lowest BCUT2D eigenvalue weighted by molar-refractivity contribution is -0.131. The Hall–Kier alpha value is -0.620. The average molecular weight is 274 g/mol. The van der Waals surface area contributed by atoms with E-state index in [2.05, 4.69) is 5.32 Å². The molecule has 0 saturated carbocycles. The zero-order valence-electron chi connectivity index (χ0n) is 10.7. The van der Waals surface area contributed by atoms with Gasteiger partial charge in [-0.25, -0.2) is 8.42 Å². The summed E-state index contributed by atoms with van der Waals surface area (Å²) >= 11 is 0. The molecule has 2 fully saturated rings. The van der Waals surface area contributed by atoms with Crippen molar-refractivity contribution in [1.29, 1.82) is 0 Å². The first-order valence-corrected chi connectivity index (χ1v) is 8.60. The Morgan fingerprint density at radius 1 is 1.22 bits per heavy atom. The number of carbonyl (C=O) groups excluding carboxylic acids is 1. The van der Waals surface area contributed by atoms with Crippen LogP contribution in [0.5, 0.6) is 0 Å². The van der Waals surface area contributed by atoms with Crippen molar-refractivity contribution in [3.8, 4) is 0 Å². The minimum atomic E-state index is -2.82. The number of sulfone groups is 1. The molecule has 5 nitrogen and oxygen atoms in total. The molecule has 2 heterocycles. The van der Waals surface area contributed by atoms with E-state index in [0.29, 0.717) is 19.4 Å². The summed E-state index contributed by atoms with van der Waals surface area (Å²) in [6.07, 6.45) is 4.61. The highest BCUT2D eigenvalue weighted by Crippen LogP contribution is 2.12. The van der Waals surface area contributed by atoms with Crippen molar-refractivity contribution >= 4 is 15.7 Å². The van der Waals surface area contributed by atoms with Gasteiger partial charge in [-0.2, -0.15) is 0 Å². The molecule has 1 unspecified atom stereocenters. The maximum Gasteiger partial charge on any atom is 0.223 e. The fourth-order valence-electron chi connectivity index (χ4n) is 2.64. The summed E-state index contributed by atoms with van der Waals surface area (Å²) in [6.45, 7) is 2.36. The number of hydrogen-bond donors (Lipinski definition) is 1. The lowest BCUT2D eigenvalue weighted by Crippen LogP contribution is -2.38. The van der Waals surface area contributed by atoms with Crippen molar-refractivity contribution in [1.82, 2.24) is 10.2 Å². The van der Waals surface area contributed by atoms with Crippen molar-refractivity contribution in [2.24, 2.45) is 0 Å². The molecular formula is C12H22N2O3S. The highest BCUT2D eigenvalue weighted by Gasteiger charge is 2.27. The highest BCUT2D eigenvalue weighted by molar-refractivity contribution is 7.91. The average Bonchev–Trinajstić information content (AvgIpc) is 2.70. The first-order valence-electron chi connectivity index (χ1n) is 6.78. The summed E-state index contributed by atoms with van der Waals surface area (Å²) in [5.41, 5.74) is 0. The fourth-order valence-corrected chi connectivity index (χ4v) is 4.35. The summed E-state index contributed by atoms with van der Waals surface area (Å²) < 4.78 is 22.5. The maximum atomic E-state index is 11.9. The summed E-state index contributed by atoms with van der Waals surface area (Å²) in [5, 5.41) is 3.18. The Kier molecular flexibility index (Phi) is 4.61. The molecule has 1 amide bonds. The molecular weight excluding hydrogens is 252 g/mol. The second kappa shape index (κ2) is 6.02. The monoisotopic (exact) mass is 274 g/mol. The van der Waals surface area contributed by atoms with Gasteiger partial charge in [0.05, 0.1) is 11.5 Å². The molecule has 0 aliphatic carbocycles. The van der Waals surface area contributed by atoms with E-state index in [1.54, 1.807) is 0 Å². The standard InChI is InChI=1S/C12H22N2O3S/c15-12(14-7-2-1-3-8-14)4-6-13-11-5-9-18(16,17)10-11/h11,13H,1-10H2. The first kappa shape index (κ1) is 13.8. The van der Waals surface area contributed by atoms with Crippen LogP contribution in [0, 0.1) is 0 Å². The molecule has 2 aliphatic heterocycles. The lowest BCUT2D eigenvalue weighted by atomic mass is 10.1. The second-order valence-corrected chi connectivity index (χ2v) is 7.47. The number of nitrogens with one attached hydrogen (secondary N) is 1. The Morgan fingerprint density at radius 2 is 1.94 bits per heavy atom. The van der Waals surface area contributed by atoms with Gasteiger partial charge in [0.15, 0.2) is 9.84 Å². The molecule has 18 heavy (non-hydrogen) atoms. The number of nitrogens with zero attached hydrogens (tertiary/aromatic N) is 1. The van der Waals surface area contributed by atoms with E-state index in [-0.39, 0.29) is 23.5 Å². The quantitative estimate of drug-likeness (QED) is 0.793. The van der Waals surface area contributed by atoms with Gasteiger partial charge in [-0.15, -0.1) is 0 Å². The SMILES string of the molecule is O=C(CCNC1CCS(=O)(=O)C1)N1CCCCC1. The number of amides is 1. The van der Waals surface area contributed by atoms with Gasteiger partial charge >= 0.3 is 0 Å². The van der Waals surface area contributed by atoms with Crippen LogP contribution >= 0.6 is 0 Å². The molecule has 2 rings (SSSR count). The third kappa shape index (κ3) is 3.95. The smallest absolute Gasteiger partial charge is 0.223 e. The van der Waals surface area contributed by atoms with Gasteiger partial charge in [-0.1, -0.05) is 0 Å². The van der Waals surface area contributed by atoms with Gasteiger partial charge in [0.25, 0.3) is 0 Å². The second-order valence-electron chi connectivity index (χ2n) is 5.25. The molecule has 104 valence electrons. The molecule has 1 atom stereocenters. The Morgan fingerprint density at radius 3 is 2.56 bits per heavy atom. The van der Waals surface area contributed by atoms with E-state index < -0.39 is 9.84 Å². The van der Waals surface area contributed by atoms with Crippen LogP contribution < -0.4 is 5.32 Å². The predicted octanol–water partition coefficient (Wildman–Crippen LogP) is 0.166. The Bertz CT molecular complexity index is 388. The number of carbonyl (C=O) groups is 1. The summed E-state index contributed by atoms with van der Waals surface area (Å²) in [7, 11) is -2.82. The normalized spacial score (nSPS) is 27.3. The molecule has 6 heteroatoms. The number of likely N-dealkylation sites (tertiary alicyclic amines) is 1. The number of piperidine rings is 1. The Labute approximate surface area is 109 Å². The number of hydrogen-bond acceptors (Lipinski definition) is 4. The summed E-state index contributed by atoms with van der Waals surface area (Å²) in [6, 6.07) is 0.0455. The summed E-state index contributed by atoms with van der Waals surface area (Å²) in [4.78, 5) is 13.8. The molecule has 0 aromatic rings. The molecule has 0 radical (unpaired) electrons. The fraction of sp³-hybridized carbons (Fsp3) is 0.917. The van der Waals surface area contributed by atoms with Gasteiger partial charge in [0.2, 0.25) is 5.91 Å². The van der Waals surface area contributed by atoms with Crippen molar-refractivity contribution < 1.29 is 13.2 Å².